The Morgan fingerprint density at radius 1 is 1.05 bits per heavy atom. The number of aryl methyl sites for hydroxylation is 2. The molecule has 1 atom stereocenters. The average Bonchev–Trinajstić information content (AvgIpc) is 2.55. The van der Waals surface area contributed by atoms with E-state index in [1.807, 2.05) is 13.8 Å². The lowest BCUT2D eigenvalue weighted by molar-refractivity contribution is 0.929. The smallest absolute Gasteiger partial charge is 0.0762 e. The van der Waals surface area contributed by atoms with Crippen LogP contribution in [0.1, 0.15) is 48.8 Å². The maximum absolute atomic E-state index is 2.37. The Hall–Kier alpha value is -1.50. The summed E-state index contributed by atoms with van der Waals surface area (Å²) in [5.41, 5.74) is 5.99. The molecule has 1 aliphatic heterocycles. The summed E-state index contributed by atoms with van der Waals surface area (Å²) in [7, 11) is 0. The van der Waals surface area contributed by atoms with Crippen molar-refractivity contribution in [2.75, 3.05) is 0 Å². The molecule has 21 heavy (non-hydrogen) atoms. The lowest BCUT2D eigenvalue weighted by atomic mass is 9.32. The van der Waals surface area contributed by atoms with Crippen LogP contribution in [0.2, 0.25) is 12.6 Å². The van der Waals surface area contributed by atoms with Crippen molar-refractivity contribution in [3.8, 4) is 0 Å². The van der Waals surface area contributed by atoms with Crippen LogP contribution >= 0.6 is 0 Å². The second-order valence-corrected chi connectivity index (χ2v) is 5.80. The van der Waals surface area contributed by atoms with E-state index in [4.69, 9.17) is 0 Å². The van der Waals surface area contributed by atoms with Gasteiger partial charge in [0.15, 0.2) is 6.71 Å². The van der Waals surface area contributed by atoms with E-state index in [2.05, 4.69) is 62.4 Å². The van der Waals surface area contributed by atoms with Crippen LogP contribution in [0.3, 0.4) is 0 Å². The topological polar surface area (TPSA) is 0 Å². The molecule has 0 saturated heterocycles. The van der Waals surface area contributed by atoms with E-state index in [1.165, 1.54) is 30.2 Å². The quantitative estimate of drug-likeness (QED) is 0.612. The van der Waals surface area contributed by atoms with Crippen molar-refractivity contribution >= 4 is 6.71 Å². The molecule has 1 aliphatic rings. The molecule has 0 aliphatic carbocycles. The molecule has 0 N–H and O–H groups in total. The first-order chi connectivity index (χ1) is 10.3. The average molecular weight is 278 g/mol. The summed E-state index contributed by atoms with van der Waals surface area (Å²) in [6.45, 7) is 9.32. The highest BCUT2D eigenvalue weighted by Gasteiger charge is 2.31. The van der Waals surface area contributed by atoms with Gasteiger partial charge in [-0.05, 0) is 35.9 Å². The number of hydrogen-bond donors (Lipinski definition) is 0. The second kappa shape index (κ2) is 7.50. The number of rotatable bonds is 2. The third kappa shape index (κ3) is 3.40. The van der Waals surface area contributed by atoms with Crippen LogP contribution in [0.25, 0.3) is 0 Å². The standard InChI is InChI=1S/C18H21B.C2H6/c1-3-19-12-11-15-8-4-5-10-17(15)18(19)16-9-6-7-14(2)13-16;1-2/h4-10,13,18H,3,11-12H2,1-2H3;1-2H3. The summed E-state index contributed by atoms with van der Waals surface area (Å²) in [6.07, 6.45) is 3.84. The number of hydrogen-bond acceptors (Lipinski definition) is 0. The summed E-state index contributed by atoms with van der Waals surface area (Å²) >= 11 is 0. The zero-order valence-electron chi connectivity index (χ0n) is 13.9. The molecule has 0 saturated carbocycles. The van der Waals surface area contributed by atoms with Gasteiger partial charge < -0.3 is 0 Å². The van der Waals surface area contributed by atoms with Crippen molar-refractivity contribution in [3.05, 3.63) is 70.8 Å². The van der Waals surface area contributed by atoms with Gasteiger partial charge in [-0.3, -0.25) is 0 Å². The van der Waals surface area contributed by atoms with Gasteiger partial charge in [-0.1, -0.05) is 87.5 Å². The summed E-state index contributed by atoms with van der Waals surface area (Å²) in [6, 6.07) is 18.1. The van der Waals surface area contributed by atoms with Gasteiger partial charge in [-0.2, -0.15) is 0 Å². The molecule has 2 aromatic carbocycles. The number of fused-ring (bicyclic) bond motifs is 1. The van der Waals surface area contributed by atoms with E-state index in [0.717, 1.165) is 6.71 Å². The molecule has 0 amide bonds. The highest BCUT2D eigenvalue weighted by Crippen LogP contribution is 2.37. The van der Waals surface area contributed by atoms with Crippen LogP contribution < -0.4 is 0 Å². The van der Waals surface area contributed by atoms with Gasteiger partial charge in [-0.15, -0.1) is 0 Å². The second-order valence-electron chi connectivity index (χ2n) is 5.80. The minimum atomic E-state index is 0.592. The van der Waals surface area contributed by atoms with Gasteiger partial charge in [0.2, 0.25) is 0 Å². The van der Waals surface area contributed by atoms with E-state index in [1.54, 1.807) is 11.1 Å². The van der Waals surface area contributed by atoms with Crippen molar-refractivity contribution in [2.24, 2.45) is 0 Å². The van der Waals surface area contributed by atoms with Gasteiger partial charge >= 0.3 is 0 Å². The van der Waals surface area contributed by atoms with E-state index in [0.29, 0.717) is 5.82 Å². The summed E-state index contributed by atoms with van der Waals surface area (Å²) in [5.74, 6) is 0.592. The molecule has 2 aromatic rings. The normalized spacial score (nSPS) is 16.8. The predicted molar refractivity (Wildman–Crippen MR) is 95.6 cm³/mol. The van der Waals surface area contributed by atoms with E-state index >= 15 is 0 Å². The van der Waals surface area contributed by atoms with Crippen molar-refractivity contribution in [3.63, 3.8) is 0 Å². The largest absolute Gasteiger partial charge is 0.153 e. The molecule has 1 heteroatoms. The molecule has 0 radical (unpaired) electrons. The molecule has 1 heterocycles. The van der Waals surface area contributed by atoms with Gasteiger partial charge in [0, 0.05) is 0 Å². The van der Waals surface area contributed by atoms with Gasteiger partial charge in [0.05, 0.1) is 0 Å². The van der Waals surface area contributed by atoms with Crippen molar-refractivity contribution < 1.29 is 0 Å². The van der Waals surface area contributed by atoms with Crippen LogP contribution in [0.15, 0.2) is 48.5 Å². The first-order valence-corrected chi connectivity index (χ1v) is 8.44. The van der Waals surface area contributed by atoms with Crippen molar-refractivity contribution in [2.45, 2.75) is 52.6 Å². The molecular weight excluding hydrogens is 251 g/mol. The Balaban J connectivity index is 0.000000774. The fourth-order valence-electron chi connectivity index (χ4n) is 3.58. The Labute approximate surface area is 130 Å². The molecule has 3 rings (SSSR count). The highest BCUT2D eigenvalue weighted by molar-refractivity contribution is 6.61. The summed E-state index contributed by atoms with van der Waals surface area (Å²) in [4.78, 5) is 0. The number of benzene rings is 2. The molecule has 1 unspecified atom stereocenters. The summed E-state index contributed by atoms with van der Waals surface area (Å²) in [5, 5.41) is 0. The monoisotopic (exact) mass is 278 g/mol. The SMILES string of the molecule is CC.CCB1CCc2ccccc2C1c1cccc(C)c1. The highest BCUT2D eigenvalue weighted by atomic mass is 14.2. The molecule has 0 nitrogen and oxygen atoms in total. The van der Waals surface area contributed by atoms with Gasteiger partial charge in [0.1, 0.15) is 0 Å². The third-order valence-corrected chi connectivity index (χ3v) is 4.57. The van der Waals surface area contributed by atoms with Crippen molar-refractivity contribution in [1.29, 1.82) is 0 Å². The van der Waals surface area contributed by atoms with E-state index < -0.39 is 0 Å². The van der Waals surface area contributed by atoms with Crippen LogP contribution in [0.4, 0.5) is 0 Å². The maximum atomic E-state index is 2.37. The Kier molecular flexibility index (Phi) is 5.67. The first kappa shape index (κ1) is 15.9. The predicted octanol–water partition coefficient (Wildman–Crippen LogP) is 5.76. The van der Waals surface area contributed by atoms with E-state index in [9.17, 15) is 0 Å². The molecular formula is C20H27B. The fraction of sp³-hybridized carbons (Fsp3) is 0.400. The van der Waals surface area contributed by atoms with Crippen LogP contribution in [0, 0.1) is 6.92 Å². The first-order valence-electron chi connectivity index (χ1n) is 8.44. The van der Waals surface area contributed by atoms with Gasteiger partial charge in [-0.25, -0.2) is 0 Å². The summed E-state index contributed by atoms with van der Waals surface area (Å²) < 4.78 is 0. The maximum Gasteiger partial charge on any atom is 0.153 e. The molecule has 0 bridgehead atoms. The minimum absolute atomic E-state index is 0.592. The van der Waals surface area contributed by atoms with Crippen LogP contribution in [-0.4, -0.2) is 6.71 Å². The zero-order valence-corrected chi connectivity index (χ0v) is 13.9. The van der Waals surface area contributed by atoms with Gasteiger partial charge in [0.25, 0.3) is 0 Å². The molecule has 0 spiro atoms. The molecule has 0 fully saturated rings. The van der Waals surface area contributed by atoms with E-state index in [-0.39, 0.29) is 0 Å². The van der Waals surface area contributed by atoms with Crippen molar-refractivity contribution in [1.82, 2.24) is 0 Å². The zero-order chi connectivity index (χ0) is 15.2. The minimum Gasteiger partial charge on any atom is -0.0762 e. The lowest BCUT2D eigenvalue weighted by Gasteiger charge is -2.31. The lowest BCUT2D eigenvalue weighted by Crippen LogP contribution is -2.29. The Bertz CT molecular complexity index is 574. The third-order valence-electron chi connectivity index (χ3n) is 4.57. The Morgan fingerprint density at radius 2 is 1.81 bits per heavy atom. The fourth-order valence-corrected chi connectivity index (χ4v) is 3.58. The molecule has 0 aromatic heterocycles. The van der Waals surface area contributed by atoms with Crippen LogP contribution in [-0.2, 0) is 6.42 Å². The molecule has 110 valence electrons. The van der Waals surface area contributed by atoms with Crippen LogP contribution in [0.5, 0.6) is 0 Å². The Morgan fingerprint density at radius 3 is 2.52 bits per heavy atom.